The number of ether oxygens (including phenoxy) is 2. The summed E-state index contributed by atoms with van der Waals surface area (Å²) >= 11 is 6.03. The number of rotatable bonds is 7. The van der Waals surface area contributed by atoms with E-state index >= 15 is 0 Å². The van der Waals surface area contributed by atoms with E-state index in [4.69, 9.17) is 21.1 Å². The summed E-state index contributed by atoms with van der Waals surface area (Å²) in [5, 5.41) is 3.60. The molecule has 0 aliphatic rings. The second-order valence-corrected chi connectivity index (χ2v) is 4.76. The van der Waals surface area contributed by atoms with E-state index in [-0.39, 0.29) is 12.5 Å². The molecule has 0 atom stereocenters. The fraction of sp³-hybridized carbons (Fsp3) is 0.500. The Morgan fingerprint density at radius 2 is 2.15 bits per heavy atom. The van der Waals surface area contributed by atoms with Crippen LogP contribution < -0.4 is 14.8 Å². The minimum absolute atomic E-state index is 0.0287. The Bertz CT molecular complexity index is 466. The van der Waals surface area contributed by atoms with E-state index in [9.17, 15) is 4.79 Å². The third-order valence-electron chi connectivity index (χ3n) is 2.92. The van der Waals surface area contributed by atoms with Crippen LogP contribution in [0.25, 0.3) is 0 Å². The van der Waals surface area contributed by atoms with Crippen molar-refractivity contribution in [1.29, 1.82) is 0 Å². The molecule has 0 saturated heterocycles. The number of benzene rings is 1. The van der Waals surface area contributed by atoms with Crippen molar-refractivity contribution in [2.45, 2.75) is 13.5 Å². The number of nitrogens with one attached hydrogen (secondary N) is 1. The van der Waals surface area contributed by atoms with Crippen LogP contribution in [0.15, 0.2) is 12.1 Å². The standard InChI is InChI=1S/C14H21ClN2O3/c1-5-17(3)13(18)9-20-14-10(8-16-2)6-11(15)7-12(14)19-4/h6-7,16H,5,8-9H2,1-4H3. The van der Waals surface area contributed by atoms with Crippen molar-refractivity contribution in [3.8, 4) is 11.5 Å². The molecule has 1 aromatic rings. The molecule has 1 amide bonds. The third kappa shape index (κ3) is 4.28. The Hall–Kier alpha value is -1.46. The highest BCUT2D eigenvalue weighted by molar-refractivity contribution is 6.30. The first kappa shape index (κ1) is 16.6. The largest absolute Gasteiger partial charge is 0.493 e. The summed E-state index contributed by atoms with van der Waals surface area (Å²) in [6, 6.07) is 3.47. The van der Waals surface area contributed by atoms with E-state index < -0.39 is 0 Å². The summed E-state index contributed by atoms with van der Waals surface area (Å²) in [4.78, 5) is 13.4. The highest BCUT2D eigenvalue weighted by Gasteiger charge is 2.15. The fourth-order valence-electron chi connectivity index (χ4n) is 1.68. The zero-order valence-corrected chi connectivity index (χ0v) is 13.1. The maximum absolute atomic E-state index is 11.8. The summed E-state index contributed by atoms with van der Waals surface area (Å²) in [5.74, 6) is 0.985. The highest BCUT2D eigenvalue weighted by Crippen LogP contribution is 2.34. The quantitative estimate of drug-likeness (QED) is 0.836. The zero-order chi connectivity index (χ0) is 15.1. The maximum Gasteiger partial charge on any atom is 0.260 e. The minimum atomic E-state index is -0.0834. The first-order chi connectivity index (χ1) is 9.53. The molecule has 0 radical (unpaired) electrons. The Morgan fingerprint density at radius 3 is 2.70 bits per heavy atom. The molecule has 0 spiro atoms. The van der Waals surface area contributed by atoms with Gasteiger partial charge in [-0.2, -0.15) is 0 Å². The number of methoxy groups -OCH3 is 1. The molecular weight excluding hydrogens is 280 g/mol. The molecule has 0 aromatic heterocycles. The van der Waals surface area contributed by atoms with Crippen molar-refractivity contribution in [2.75, 3.05) is 34.4 Å². The van der Waals surface area contributed by atoms with E-state index in [1.54, 1.807) is 31.2 Å². The molecule has 1 rings (SSSR count). The summed E-state index contributed by atoms with van der Waals surface area (Å²) in [6.07, 6.45) is 0. The number of amides is 1. The van der Waals surface area contributed by atoms with Crippen LogP contribution >= 0.6 is 11.6 Å². The zero-order valence-electron chi connectivity index (χ0n) is 12.3. The SMILES string of the molecule is CCN(C)C(=O)COc1c(CNC)cc(Cl)cc1OC. The van der Waals surface area contributed by atoms with Gasteiger partial charge in [0, 0.05) is 36.8 Å². The number of hydrogen-bond donors (Lipinski definition) is 1. The normalized spacial score (nSPS) is 10.2. The fourth-order valence-corrected chi connectivity index (χ4v) is 1.91. The van der Waals surface area contributed by atoms with E-state index in [1.807, 2.05) is 14.0 Å². The van der Waals surface area contributed by atoms with Crippen LogP contribution in [0.3, 0.4) is 0 Å². The molecule has 1 N–H and O–H groups in total. The van der Waals surface area contributed by atoms with E-state index in [1.165, 1.54) is 0 Å². The van der Waals surface area contributed by atoms with Crippen molar-refractivity contribution in [1.82, 2.24) is 10.2 Å². The van der Waals surface area contributed by atoms with Crippen molar-refractivity contribution >= 4 is 17.5 Å². The molecule has 112 valence electrons. The maximum atomic E-state index is 11.8. The van der Waals surface area contributed by atoms with E-state index in [0.29, 0.717) is 29.6 Å². The smallest absolute Gasteiger partial charge is 0.260 e. The van der Waals surface area contributed by atoms with Crippen molar-refractivity contribution in [3.05, 3.63) is 22.7 Å². The molecule has 6 heteroatoms. The van der Waals surface area contributed by atoms with Crippen LogP contribution in [0.5, 0.6) is 11.5 Å². The van der Waals surface area contributed by atoms with Gasteiger partial charge in [0.15, 0.2) is 18.1 Å². The Kier molecular flexibility index (Phi) is 6.61. The van der Waals surface area contributed by atoms with Gasteiger partial charge in [-0.05, 0) is 20.0 Å². The van der Waals surface area contributed by atoms with Gasteiger partial charge in [0.05, 0.1) is 7.11 Å². The molecule has 0 unspecified atom stereocenters. The Balaban J connectivity index is 2.94. The Labute approximate surface area is 124 Å². The number of carbonyl (C=O) groups is 1. The van der Waals surface area contributed by atoms with Gasteiger partial charge in [-0.25, -0.2) is 0 Å². The number of likely N-dealkylation sites (N-methyl/N-ethyl adjacent to an activating group) is 1. The van der Waals surface area contributed by atoms with E-state index in [0.717, 1.165) is 5.56 Å². The minimum Gasteiger partial charge on any atom is -0.493 e. The number of carbonyl (C=O) groups excluding carboxylic acids is 1. The first-order valence-electron chi connectivity index (χ1n) is 6.41. The third-order valence-corrected chi connectivity index (χ3v) is 3.14. The lowest BCUT2D eigenvalue weighted by molar-refractivity contribution is -0.131. The molecule has 0 aliphatic heterocycles. The molecule has 5 nitrogen and oxygen atoms in total. The molecule has 0 saturated carbocycles. The highest BCUT2D eigenvalue weighted by atomic mass is 35.5. The number of nitrogens with zero attached hydrogens (tertiary/aromatic N) is 1. The van der Waals surface area contributed by atoms with Crippen molar-refractivity contribution in [2.24, 2.45) is 0 Å². The van der Waals surface area contributed by atoms with Crippen molar-refractivity contribution in [3.63, 3.8) is 0 Å². The molecule has 1 aromatic carbocycles. The van der Waals surface area contributed by atoms with Gasteiger partial charge in [-0.3, -0.25) is 4.79 Å². The molecule has 0 heterocycles. The molecular formula is C14H21ClN2O3. The Morgan fingerprint density at radius 1 is 1.45 bits per heavy atom. The summed E-state index contributed by atoms with van der Waals surface area (Å²) in [5.41, 5.74) is 0.851. The molecule has 0 aliphatic carbocycles. The van der Waals surface area contributed by atoms with E-state index in [2.05, 4.69) is 5.32 Å². The molecule has 0 bridgehead atoms. The molecule has 20 heavy (non-hydrogen) atoms. The van der Waals surface area contributed by atoms with Crippen LogP contribution in [-0.2, 0) is 11.3 Å². The summed E-state index contributed by atoms with van der Waals surface area (Å²) in [6.45, 7) is 3.10. The number of halogens is 1. The number of hydrogen-bond acceptors (Lipinski definition) is 4. The van der Waals surface area contributed by atoms with Crippen LogP contribution in [0.4, 0.5) is 0 Å². The van der Waals surface area contributed by atoms with Crippen LogP contribution in [0.1, 0.15) is 12.5 Å². The average molecular weight is 301 g/mol. The second kappa shape index (κ2) is 7.97. The lowest BCUT2D eigenvalue weighted by atomic mass is 10.2. The molecule has 0 fully saturated rings. The van der Waals surface area contributed by atoms with Crippen LogP contribution in [0.2, 0.25) is 5.02 Å². The monoisotopic (exact) mass is 300 g/mol. The topological polar surface area (TPSA) is 50.8 Å². The van der Waals surface area contributed by atoms with Gasteiger partial charge in [0.2, 0.25) is 0 Å². The predicted molar refractivity (Wildman–Crippen MR) is 79.6 cm³/mol. The van der Waals surface area contributed by atoms with Gasteiger partial charge in [-0.15, -0.1) is 0 Å². The van der Waals surface area contributed by atoms with Crippen LogP contribution in [0, 0.1) is 0 Å². The second-order valence-electron chi connectivity index (χ2n) is 4.32. The van der Waals surface area contributed by atoms with Gasteiger partial charge in [0.1, 0.15) is 0 Å². The first-order valence-corrected chi connectivity index (χ1v) is 6.79. The summed E-state index contributed by atoms with van der Waals surface area (Å²) in [7, 11) is 5.11. The summed E-state index contributed by atoms with van der Waals surface area (Å²) < 4.78 is 10.9. The van der Waals surface area contributed by atoms with Gasteiger partial charge in [-0.1, -0.05) is 11.6 Å². The average Bonchev–Trinajstić information content (AvgIpc) is 2.44. The van der Waals surface area contributed by atoms with Gasteiger partial charge in [0.25, 0.3) is 5.91 Å². The predicted octanol–water partition coefficient (Wildman–Crippen LogP) is 1.93. The van der Waals surface area contributed by atoms with Crippen molar-refractivity contribution < 1.29 is 14.3 Å². The lowest BCUT2D eigenvalue weighted by Gasteiger charge is -2.18. The van der Waals surface area contributed by atoms with Crippen LogP contribution in [-0.4, -0.2) is 45.2 Å². The lowest BCUT2D eigenvalue weighted by Crippen LogP contribution is -2.31. The van der Waals surface area contributed by atoms with Gasteiger partial charge < -0.3 is 19.7 Å². The van der Waals surface area contributed by atoms with Gasteiger partial charge >= 0.3 is 0 Å².